The van der Waals surface area contributed by atoms with Gasteiger partial charge in [0.15, 0.2) is 0 Å². The smallest absolute Gasteiger partial charge is 0.254 e. The SMILES string of the molecule is CCCCCN(Cc1nc2cc(F)ccc2n1C1CCCC1)C(=O)c1ccc(C)c(Br)c1. The van der Waals surface area contributed by atoms with E-state index in [1.807, 2.05) is 36.1 Å². The number of carbonyl (C=O) groups excluding carboxylic acids is 1. The van der Waals surface area contributed by atoms with Crippen LogP contribution >= 0.6 is 15.9 Å². The van der Waals surface area contributed by atoms with Gasteiger partial charge in [0.2, 0.25) is 0 Å². The summed E-state index contributed by atoms with van der Waals surface area (Å²) >= 11 is 3.56. The fourth-order valence-electron chi connectivity index (χ4n) is 4.69. The summed E-state index contributed by atoms with van der Waals surface area (Å²) < 4.78 is 17.1. The van der Waals surface area contributed by atoms with E-state index < -0.39 is 0 Å². The standard InChI is InChI=1S/C26H31BrFN3O/c1-3-4-7-14-30(26(32)19-11-10-18(2)22(27)15-19)17-25-29-23-16-20(28)12-13-24(23)31(25)21-8-5-6-9-21/h10-13,15-16,21H,3-9,14,17H2,1-2H3. The topological polar surface area (TPSA) is 38.1 Å². The predicted octanol–water partition coefficient (Wildman–Crippen LogP) is 7.19. The highest BCUT2D eigenvalue weighted by atomic mass is 79.9. The lowest BCUT2D eigenvalue weighted by atomic mass is 10.1. The van der Waals surface area contributed by atoms with Crippen LogP contribution in [0.3, 0.4) is 0 Å². The molecule has 6 heteroatoms. The fourth-order valence-corrected chi connectivity index (χ4v) is 5.07. The number of aromatic nitrogens is 2. The predicted molar refractivity (Wildman–Crippen MR) is 130 cm³/mol. The van der Waals surface area contributed by atoms with Crippen molar-refractivity contribution in [3.8, 4) is 0 Å². The molecule has 32 heavy (non-hydrogen) atoms. The van der Waals surface area contributed by atoms with Crippen molar-refractivity contribution in [2.45, 2.75) is 71.4 Å². The highest BCUT2D eigenvalue weighted by Crippen LogP contribution is 2.34. The number of hydrogen-bond donors (Lipinski definition) is 0. The molecule has 1 heterocycles. The minimum atomic E-state index is -0.277. The summed E-state index contributed by atoms with van der Waals surface area (Å²) in [5.74, 6) is 0.590. The zero-order chi connectivity index (χ0) is 22.7. The lowest BCUT2D eigenvalue weighted by Gasteiger charge is -2.25. The van der Waals surface area contributed by atoms with Crippen molar-refractivity contribution in [1.29, 1.82) is 0 Å². The second-order valence-corrected chi connectivity index (χ2v) is 9.72. The number of benzene rings is 2. The molecule has 1 fully saturated rings. The van der Waals surface area contributed by atoms with E-state index in [1.54, 1.807) is 0 Å². The first-order chi connectivity index (χ1) is 15.5. The van der Waals surface area contributed by atoms with Crippen molar-refractivity contribution in [2.24, 2.45) is 0 Å². The van der Waals surface area contributed by atoms with Crippen LogP contribution in [0.2, 0.25) is 0 Å². The average molecular weight is 500 g/mol. The molecule has 0 spiro atoms. The molecule has 1 saturated carbocycles. The number of aryl methyl sites for hydroxylation is 1. The number of hydrogen-bond acceptors (Lipinski definition) is 2. The highest BCUT2D eigenvalue weighted by molar-refractivity contribution is 9.10. The van der Waals surface area contributed by atoms with Gasteiger partial charge in [-0.1, -0.05) is 54.6 Å². The van der Waals surface area contributed by atoms with Crippen molar-refractivity contribution in [3.05, 3.63) is 63.6 Å². The average Bonchev–Trinajstić information content (AvgIpc) is 3.41. The second kappa shape index (κ2) is 10.2. The number of rotatable bonds is 8. The van der Waals surface area contributed by atoms with Crippen LogP contribution in [0, 0.1) is 12.7 Å². The van der Waals surface area contributed by atoms with Crippen molar-refractivity contribution in [1.82, 2.24) is 14.5 Å². The van der Waals surface area contributed by atoms with E-state index in [2.05, 4.69) is 27.4 Å². The third-order valence-electron chi connectivity index (χ3n) is 6.48. The monoisotopic (exact) mass is 499 g/mol. The molecule has 1 aliphatic carbocycles. The maximum Gasteiger partial charge on any atom is 0.254 e. The molecule has 0 saturated heterocycles. The van der Waals surface area contributed by atoms with E-state index in [-0.39, 0.29) is 11.7 Å². The summed E-state index contributed by atoms with van der Waals surface area (Å²) in [5.41, 5.74) is 3.41. The van der Waals surface area contributed by atoms with E-state index in [0.29, 0.717) is 30.2 Å². The van der Waals surface area contributed by atoms with Gasteiger partial charge in [-0.2, -0.15) is 0 Å². The summed E-state index contributed by atoms with van der Waals surface area (Å²) in [4.78, 5) is 20.2. The quantitative estimate of drug-likeness (QED) is 0.307. The Morgan fingerprint density at radius 3 is 2.69 bits per heavy atom. The van der Waals surface area contributed by atoms with Gasteiger partial charge in [-0.05, 0) is 56.0 Å². The first-order valence-electron chi connectivity index (χ1n) is 11.7. The van der Waals surface area contributed by atoms with Gasteiger partial charge < -0.3 is 9.47 Å². The van der Waals surface area contributed by atoms with Gasteiger partial charge in [-0.25, -0.2) is 9.37 Å². The minimum Gasteiger partial charge on any atom is -0.331 e. The molecule has 1 aliphatic rings. The van der Waals surface area contributed by atoms with Gasteiger partial charge in [0, 0.05) is 28.7 Å². The molecule has 1 aromatic heterocycles. The first kappa shape index (κ1) is 23.0. The summed E-state index contributed by atoms with van der Waals surface area (Å²) in [6, 6.07) is 11.0. The summed E-state index contributed by atoms with van der Waals surface area (Å²) in [6.07, 6.45) is 7.72. The molecule has 170 valence electrons. The van der Waals surface area contributed by atoms with E-state index in [4.69, 9.17) is 4.98 Å². The molecule has 0 aliphatic heterocycles. The Morgan fingerprint density at radius 2 is 1.97 bits per heavy atom. The normalized spacial score (nSPS) is 14.4. The van der Waals surface area contributed by atoms with Crippen molar-refractivity contribution >= 4 is 32.9 Å². The fraction of sp³-hybridized carbons (Fsp3) is 0.462. The van der Waals surface area contributed by atoms with Gasteiger partial charge in [0.05, 0.1) is 17.6 Å². The number of halogens is 2. The molecule has 0 bridgehead atoms. The molecular formula is C26H31BrFN3O. The van der Waals surface area contributed by atoms with Gasteiger partial charge >= 0.3 is 0 Å². The third kappa shape index (κ3) is 4.90. The Bertz CT molecular complexity index is 1100. The number of carbonyl (C=O) groups is 1. The maximum absolute atomic E-state index is 13.9. The van der Waals surface area contributed by atoms with Gasteiger partial charge in [-0.3, -0.25) is 4.79 Å². The number of nitrogens with zero attached hydrogens (tertiary/aromatic N) is 3. The molecular weight excluding hydrogens is 469 g/mol. The van der Waals surface area contributed by atoms with Crippen LogP contribution < -0.4 is 0 Å². The van der Waals surface area contributed by atoms with E-state index in [9.17, 15) is 9.18 Å². The number of amides is 1. The molecule has 1 amide bonds. The molecule has 0 N–H and O–H groups in total. The lowest BCUT2D eigenvalue weighted by Crippen LogP contribution is -2.33. The molecule has 2 aromatic carbocycles. The Hall–Kier alpha value is -2.21. The molecule has 4 rings (SSSR count). The van der Waals surface area contributed by atoms with Crippen LogP contribution in [0.4, 0.5) is 4.39 Å². The Kier molecular flexibility index (Phi) is 7.29. The number of unbranched alkanes of at least 4 members (excludes halogenated alkanes) is 2. The van der Waals surface area contributed by atoms with E-state index in [0.717, 1.165) is 53.5 Å². The zero-order valence-electron chi connectivity index (χ0n) is 18.9. The van der Waals surface area contributed by atoms with E-state index in [1.165, 1.54) is 25.0 Å². The Morgan fingerprint density at radius 1 is 1.19 bits per heavy atom. The molecule has 4 nitrogen and oxygen atoms in total. The second-order valence-electron chi connectivity index (χ2n) is 8.87. The van der Waals surface area contributed by atoms with Crippen LogP contribution in [0.5, 0.6) is 0 Å². The van der Waals surface area contributed by atoms with Gasteiger partial charge in [-0.15, -0.1) is 0 Å². The molecule has 0 radical (unpaired) electrons. The number of fused-ring (bicyclic) bond motifs is 1. The van der Waals surface area contributed by atoms with Crippen molar-refractivity contribution in [3.63, 3.8) is 0 Å². The Labute approximate surface area is 198 Å². The largest absolute Gasteiger partial charge is 0.331 e. The minimum absolute atomic E-state index is 0.0120. The molecule has 0 unspecified atom stereocenters. The summed E-state index contributed by atoms with van der Waals surface area (Å²) in [5, 5.41) is 0. The van der Waals surface area contributed by atoms with Crippen LogP contribution in [0.15, 0.2) is 40.9 Å². The Balaban J connectivity index is 1.70. The van der Waals surface area contributed by atoms with Crippen molar-refractivity contribution in [2.75, 3.05) is 6.54 Å². The van der Waals surface area contributed by atoms with Gasteiger partial charge in [0.1, 0.15) is 11.6 Å². The summed E-state index contributed by atoms with van der Waals surface area (Å²) in [6.45, 7) is 5.29. The molecule has 0 atom stereocenters. The van der Waals surface area contributed by atoms with Crippen LogP contribution in [0.25, 0.3) is 11.0 Å². The lowest BCUT2D eigenvalue weighted by molar-refractivity contribution is 0.0733. The zero-order valence-corrected chi connectivity index (χ0v) is 20.5. The van der Waals surface area contributed by atoms with Crippen LogP contribution in [-0.4, -0.2) is 26.9 Å². The van der Waals surface area contributed by atoms with E-state index >= 15 is 0 Å². The van der Waals surface area contributed by atoms with Crippen molar-refractivity contribution < 1.29 is 9.18 Å². The molecule has 3 aromatic rings. The highest BCUT2D eigenvalue weighted by Gasteiger charge is 2.25. The van der Waals surface area contributed by atoms with Crippen LogP contribution in [-0.2, 0) is 6.54 Å². The van der Waals surface area contributed by atoms with Crippen LogP contribution in [0.1, 0.15) is 79.7 Å². The summed E-state index contributed by atoms with van der Waals surface area (Å²) in [7, 11) is 0. The van der Waals surface area contributed by atoms with Gasteiger partial charge in [0.25, 0.3) is 5.91 Å². The first-order valence-corrected chi connectivity index (χ1v) is 12.5. The maximum atomic E-state index is 13.9. The number of imidazole rings is 1. The third-order valence-corrected chi connectivity index (χ3v) is 7.34.